The molecule has 38 heavy (non-hydrogen) atoms. The van der Waals surface area contributed by atoms with Gasteiger partial charge in [-0.15, -0.1) is 13.2 Å². The molecule has 1 fully saturated rings. The van der Waals surface area contributed by atoms with Crippen molar-refractivity contribution >= 4 is 22.7 Å². The van der Waals surface area contributed by atoms with Gasteiger partial charge in [0, 0.05) is 37.8 Å². The average molecular weight is 541 g/mol. The number of fused-ring (bicyclic) bond motifs is 1. The maximum atomic E-state index is 14.6. The van der Waals surface area contributed by atoms with Gasteiger partial charge < -0.3 is 14.8 Å². The van der Waals surface area contributed by atoms with Crippen LogP contribution in [0.15, 0.2) is 42.6 Å². The summed E-state index contributed by atoms with van der Waals surface area (Å²) < 4.78 is 83.8. The Morgan fingerprint density at radius 3 is 2.47 bits per heavy atom. The zero-order valence-electron chi connectivity index (χ0n) is 20.2. The number of benzene rings is 2. The number of alkyl halides is 4. The molecular formula is C26H25F6N3O3. The fourth-order valence-corrected chi connectivity index (χ4v) is 4.75. The molecule has 0 radical (unpaired) electrons. The molecule has 1 saturated heterocycles. The number of carbonyl (C=O) groups is 2. The minimum absolute atomic E-state index is 0.00949. The number of carbonyl (C=O) groups excluding carboxylic acids is 2. The van der Waals surface area contributed by atoms with Crippen molar-refractivity contribution in [2.45, 2.75) is 38.2 Å². The molecule has 0 spiro atoms. The minimum atomic E-state index is -4.83. The first-order valence-electron chi connectivity index (χ1n) is 12.0. The zero-order valence-corrected chi connectivity index (χ0v) is 20.2. The third-order valence-electron chi connectivity index (χ3n) is 6.57. The molecule has 2 amide bonds. The molecule has 0 unspecified atom stereocenters. The van der Waals surface area contributed by atoms with Gasteiger partial charge in [-0.05, 0) is 42.0 Å². The lowest BCUT2D eigenvalue weighted by atomic mass is 9.88. The van der Waals surface area contributed by atoms with Crippen LogP contribution in [0.5, 0.6) is 0 Å². The molecule has 6 nitrogen and oxygen atoms in total. The molecule has 1 aliphatic rings. The van der Waals surface area contributed by atoms with Gasteiger partial charge in [0.2, 0.25) is 0 Å². The number of halogens is 6. The summed E-state index contributed by atoms with van der Waals surface area (Å²) in [5.74, 6) is -2.47. The van der Waals surface area contributed by atoms with E-state index in [1.54, 1.807) is 11.0 Å². The van der Waals surface area contributed by atoms with Gasteiger partial charge in [-0.3, -0.25) is 14.3 Å². The third kappa shape index (κ3) is 6.29. The second-order valence-corrected chi connectivity index (χ2v) is 9.00. The summed E-state index contributed by atoms with van der Waals surface area (Å²) >= 11 is 0. The Labute approximate surface area is 214 Å². The summed E-state index contributed by atoms with van der Waals surface area (Å²) in [6, 6.07) is 8.52. The van der Waals surface area contributed by atoms with Crippen LogP contribution in [-0.4, -0.2) is 54.0 Å². The normalized spacial score (nSPS) is 14.7. The molecular weight excluding hydrogens is 516 g/mol. The van der Waals surface area contributed by atoms with E-state index in [2.05, 4.69) is 10.1 Å². The molecule has 0 aliphatic carbocycles. The molecule has 3 aromatic rings. The highest BCUT2D eigenvalue weighted by Crippen LogP contribution is 2.32. The van der Waals surface area contributed by atoms with E-state index in [1.165, 1.54) is 35.0 Å². The van der Waals surface area contributed by atoms with Crippen LogP contribution in [-0.2, 0) is 22.6 Å². The van der Waals surface area contributed by atoms with Gasteiger partial charge in [0.1, 0.15) is 11.6 Å². The smallest absolute Gasteiger partial charge is 0.350 e. The highest BCUT2D eigenvalue weighted by Gasteiger charge is 2.30. The molecule has 1 N–H and O–H groups in total. The fraction of sp³-hybridized carbons (Fsp3) is 0.385. The van der Waals surface area contributed by atoms with Crippen LogP contribution in [0, 0.1) is 11.6 Å². The third-order valence-corrected chi connectivity index (χ3v) is 6.57. The van der Waals surface area contributed by atoms with E-state index in [4.69, 9.17) is 0 Å². The number of nitrogens with one attached hydrogen (secondary N) is 1. The fourth-order valence-electron chi connectivity index (χ4n) is 4.75. The predicted molar refractivity (Wildman–Crippen MR) is 126 cm³/mol. The van der Waals surface area contributed by atoms with Crippen LogP contribution in [0.25, 0.3) is 10.9 Å². The van der Waals surface area contributed by atoms with Crippen LogP contribution in [0.4, 0.5) is 26.3 Å². The number of ether oxygens (including phenoxy) is 1. The summed E-state index contributed by atoms with van der Waals surface area (Å²) in [4.78, 5) is 26.1. The predicted octanol–water partition coefficient (Wildman–Crippen LogP) is 5.06. The summed E-state index contributed by atoms with van der Waals surface area (Å²) in [6.07, 6.45) is -2.62. The summed E-state index contributed by atoms with van der Waals surface area (Å²) in [7, 11) is 0. The number of amides is 2. The quantitative estimate of drug-likeness (QED) is 0.406. The first-order chi connectivity index (χ1) is 18.1. The molecule has 0 saturated carbocycles. The first kappa shape index (κ1) is 27.5. The van der Waals surface area contributed by atoms with Crippen molar-refractivity contribution in [3.63, 3.8) is 0 Å². The number of nitrogens with zero attached hydrogens (tertiary/aromatic N) is 2. The molecule has 0 bridgehead atoms. The van der Waals surface area contributed by atoms with E-state index in [9.17, 15) is 35.9 Å². The number of hydrogen-bond donors (Lipinski definition) is 1. The Kier molecular flexibility index (Phi) is 8.29. The Morgan fingerprint density at radius 2 is 1.79 bits per heavy atom. The standard InChI is InChI=1S/C26H25F6N3O3/c27-13-23(36)33-14-16-4-5-21(28)19(12-16)17-6-8-34(9-7-17)25(37)20-15-35(10-11-38-26(30,31)32)24-18(20)2-1-3-22(24)29/h1-5,12,15,17H,6-11,13-14H2,(H,33,36). The Bertz CT molecular complexity index is 1320. The maximum Gasteiger partial charge on any atom is 0.522 e. The maximum absolute atomic E-state index is 14.6. The van der Waals surface area contributed by atoms with Crippen molar-refractivity contribution in [3.05, 3.63) is 70.9 Å². The van der Waals surface area contributed by atoms with E-state index in [-0.39, 0.29) is 48.6 Å². The molecule has 0 atom stereocenters. The Morgan fingerprint density at radius 1 is 1.05 bits per heavy atom. The van der Waals surface area contributed by atoms with Crippen LogP contribution in [0.1, 0.15) is 40.2 Å². The lowest BCUT2D eigenvalue weighted by Gasteiger charge is -2.32. The van der Waals surface area contributed by atoms with Crippen molar-refractivity contribution in [2.75, 3.05) is 26.4 Å². The highest BCUT2D eigenvalue weighted by atomic mass is 19.4. The number of para-hydroxylation sites is 1. The van der Waals surface area contributed by atoms with Crippen molar-refractivity contribution in [1.29, 1.82) is 0 Å². The van der Waals surface area contributed by atoms with Crippen molar-refractivity contribution in [3.8, 4) is 0 Å². The average Bonchev–Trinajstić information content (AvgIpc) is 3.26. The summed E-state index contributed by atoms with van der Waals surface area (Å²) in [5, 5.41) is 2.67. The summed E-state index contributed by atoms with van der Waals surface area (Å²) in [5.41, 5.74) is 1.22. The molecule has 204 valence electrons. The van der Waals surface area contributed by atoms with Crippen LogP contribution >= 0.6 is 0 Å². The van der Waals surface area contributed by atoms with Crippen LogP contribution in [0.2, 0.25) is 0 Å². The lowest BCUT2D eigenvalue weighted by Crippen LogP contribution is -2.38. The molecule has 1 aromatic heterocycles. The number of aromatic nitrogens is 1. The molecule has 1 aliphatic heterocycles. The Hall–Kier alpha value is -3.54. The van der Waals surface area contributed by atoms with Crippen LogP contribution in [0.3, 0.4) is 0 Å². The second-order valence-electron chi connectivity index (χ2n) is 9.00. The van der Waals surface area contributed by atoms with Gasteiger partial charge >= 0.3 is 6.36 Å². The monoisotopic (exact) mass is 541 g/mol. The number of hydrogen-bond acceptors (Lipinski definition) is 3. The molecule has 4 rings (SSSR count). The largest absolute Gasteiger partial charge is 0.522 e. The topological polar surface area (TPSA) is 63.6 Å². The van der Waals surface area contributed by atoms with E-state index in [1.807, 2.05) is 0 Å². The Balaban J connectivity index is 1.47. The van der Waals surface area contributed by atoms with Gasteiger partial charge in [-0.25, -0.2) is 13.2 Å². The van der Waals surface area contributed by atoms with Gasteiger partial charge in [-0.2, -0.15) is 0 Å². The lowest BCUT2D eigenvalue weighted by molar-refractivity contribution is -0.325. The van der Waals surface area contributed by atoms with E-state index < -0.39 is 43.1 Å². The van der Waals surface area contributed by atoms with Crippen LogP contribution < -0.4 is 5.32 Å². The summed E-state index contributed by atoms with van der Waals surface area (Å²) in [6.45, 7) is -1.58. The number of rotatable bonds is 8. The van der Waals surface area contributed by atoms with E-state index in [0.29, 0.717) is 24.0 Å². The number of likely N-dealkylation sites (tertiary alicyclic amines) is 1. The second kappa shape index (κ2) is 11.5. The first-order valence-corrected chi connectivity index (χ1v) is 12.0. The molecule has 2 aromatic carbocycles. The molecule has 12 heteroatoms. The van der Waals surface area contributed by atoms with E-state index in [0.717, 1.165) is 6.07 Å². The van der Waals surface area contributed by atoms with E-state index >= 15 is 0 Å². The van der Waals surface area contributed by atoms with Gasteiger partial charge in [-0.1, -0.05) is 24.3 Å². The van der Waals surface area contributed by atoms with Crippen molar-refractivity contribution in [1.82, 2.24) is 14.8 Å². The number of piperidine rings is 1. The van der Waals surface area contributed by atoms with Gasteiger partial charge in [0.25, 0.3) is 11.8 Å². The SMILES string of the molecule is O=C(CF)NCc1ccc(F)c(C2CCN(C(=O)c3cn(CCOC(F)(F)F)c4c(F)cccc34)CC2)c1. The highest BCUT2D eigenvalue weighted by molar-refractivity contribution is 6.07. The van der Waals surface area contributed by atoms with Crippen molar-refractivity contribution < 1.29 is 40.7 Å². The zero-order chi connectivity index (χ0) is 27.4. The van der Waals surface area contributed by atoms with Gasteiger partial charge in [0.05, 0.1) is 17.7 Å². The molecule has 2 heterocycles. The van der Waals surface area contributed by atoms with Gasteiger partial charge in [0.15, 0.2) is 6.67 Å². The van der Waals surface area contributed by atoms with Crippen molar-refractivity contribution in [2.24, 2.45) is 0 Å². The minimum Gasteiger partial charge on any atom is -0.350 e.